The number of carboxylic acid groups (broad SMARTS) is 4. The number of hydrogen-bond acceptors (Lipinski definition) is 26. The van der Waals surface area contributed by atoms with E-state index < -0.39 is 36.0 Å². The average molecular weight is 2070 g/mol. The van der Waals surface area contributed by atoms with Crippen LogP contribution >= 0.6 is 15.9 Å². The summed E-state index contributed by atoms with van der Waals surface area (Å²) in [6.07, 6.45) is 29.9. The quantitative estimate of drug-likeness (QED) is 0.0105. The minimum atomic E-state index is -0.893. The maximum atomic E-state index is 12.2. The van der Waals surface area contributed by atoms with Gasteiger partial charge in [-0.15, -0.1) is 6.58 Å². The third kappa shape index (κ3) is 33.9. The molecule has 8 N–H and O–H groups in total. The van der Waals surface area contributed by atoms with Crippen LogP contribution in [-0.2, 0) is 97.2 Å². The van der Waals surface area contributed by atoms with Gasteiger partial charge in [-0.05, 0) is 222 Å². The van der Waals surface area contributed by atoms with E-state index in [4.69, 9.17) is 78.6 Å². The van der Waals surface area contributed by atoms with Gasteiger partial charge in [0.15, 0.2) is 0 Å². The number of aliphatic carboxylic acids is 4. The second-order valence-electron chi connectivity index (χ2n) is 32.9. The molecule has 2 unspecified atom stereocenters. The molecule has 2 aliphatic rings. The number of rotatable bonds is 34. The van der Waals surface area contributed by atoms with Crippen molar-refractivity contribution in [1.29, 1.82) is 0 Å². The molecule has 0 amide bonds. The van der Waals surface area contributed by atoms with E-state index in [0.29, 0.717) is 49.6 Å². The summed E-state index contributed by atoms with van der Waals surface area (Å²) < 4.78 is 38.8. The third-order valence-electron chi connectivity index (χ3n) is 22.1. The van der Waals surface area contributed by atoms with Gasteiger partial charge in [-0.3, -0.25) is 47.5 Å². The number of nitrogens with one attached hydrogen (secondary N) is 2. The van der Waals surface area contributed by atoms with Crippen LogP contribution in [0, 0.1) is 6.92 Å². The Bertz CT molecular complexity index is 6410. The van der Waals surface area contributed by atoms with Crippen molar-refractivity contribution in [3.63, 3.8) is 0 Å². The predicted octanol–water partition coefficient (Wildman–Crippen LogP) is 17.4. The zero-order chi connectivity index (χ0) is 100. The largest absolute Gasteiger partial charge is 0.481 e. The number of fused-ring (bicyclic) bond motifs is 6. The Morgan fingerprint density at radius 2 is 0.864 bits per heavy atom. The fraction of sp³-hybridized carbons (Fsp3) is 0.346. The summed E-state index contributed by atoms with van der Waals surface area (Å²) in [5.41, 5.74) is 16.1. The normalized spacial score (nSPS) is 12.9. The van der Waals surface area contributed by atoms with Gasteiger partial charge in [-0.2, -0.15) is 20.4 Å². The Kier molecular flexibility index (Phi) is 43.3. The molecule has 34 nitrogen and oxygen atoms in total. The van der Waals surface area contributed by atoms with Crippen molar-refractivity contribution in [2.75, 3.05) is 65.4 Å². The van der Waals surface area contributed by atoms with E-state index in [1.807, 2.05) is 97.6 Å². The van der Waals surface area contributed by atoms with Crippen molar-refractivity contribution >= 4 is 113 Å². The molecule has 16 rings (SSSR count). The first-order valence-corrected chi connectivity index (χ1v) is 46.5. The fourth-order valence-corrected chi connectivity index (χ4v) is 15.7. The summed E-state index contributed by atoms with van der Waals surface area (Å²) in [6, 6.07) is 44.0. The number of halogens is 1. The first-order chi connectivity index (χ1) is 66.9. The van der Waals surface area contributed by atoms with Gasteiger partial charge >= 0.3 is 23.9 Å². The maximum Gasteiger partial charge on any atom is 0.308 e. The number of aromatic nitrogens is 14. The first kappa shape index (κ1) is 109. The summed E-state index contributed by atoms with van der Waals surface area (Å²) in [5.74, 6) is 0.0619. The van der Waals surface area contributed by atoms with Crippen LogP contribution in [-0.4, -0.2) is 202 Å². The molecule has 140 heavy (non-hydrogen) atoms. The minimum Gasteiger partial charge on any atom is -0.481 e. The van der Waals surface area contributed by atoms with E-state index in [-0.39, 0.29) is 82.3 Å². The fourth-order valence-electron chi connectivity index (χ4n) is 15.3. The summed E-state index contributed by atoms with van der Waals surface area (Å²) >= 11 is 3.45. The number of methoxy groups -OCH3 is 4. The summed E-state index contributed by atoms with van der Waals surface area (Å²) in [6.45, 7) is 17.4. The Morgan fingerprint density at radius 1 is 0.471 bits per heavy atom. The molecule has 0 saturated heterocycles. The van der Waals surface area contributed by atoms with Crippen LogP contribution in [0.3, 0.4) is 0 Å². The standard InChI is InChI=1S/2C27H29N5O3.C23H27N3O4.C18H18BrN3O3.C5H10O.2C2H4O2.Pd/c1-17-19(13-20-4-3-11-28-27(20)30-17)7-5-18-6-8-22-16-32(31-23(22)12-18)24(14-26(33)34)21-9-10-25(35-2)29-15-21;1-35-25-12-10-20(16-29-25)24(15-26(33)34)32-17-21-8-7-18(14-23(21)31-32)4-2-6-22-11-9-19-5-3-13-28-27(19)30-22;1-4-30-23(28)13-21(18-10-11-22(29-3)24-14-18)26-15-19-9-8-17(12-20(19)25-26)7-5-6-16(2)27;1-3-25-18(23)9-16(12-5-7-17(24-2)20-10-12)22-11-13-4-6-14(19)8-15(13)21-22;1-3-4-5(2)6;2*1-2(3)4;/h6,8-10,12-13,15-16,24H,3-5,7,11,14H2,1-2H3,(H,28,30)(H,33,34);7-12,14,16-17,24H,2-6,13,15H2,1H3,(H,28,30)(H,33,34);5,7-12,14-16,21,27H,4,6,13H2,1-3H3;4-8,10-11,16H,3,9H2,1-2H3;3,5-6H,1,4H2,2H3;2*1H3,(H,3,4);/b;;7-5+;;;;;/t2*24-;16?,21-;16-;;;;/m0000..../s1. The van der Waals surface area contributed by atoms with E-state index in [0.717, 1.165) is 177 Å². The molecule has 0 bridgehead atoms. The second-order valence-corrected chi connectivity index (χ2v) is 33.8. The Labute approximate surface area is 834 Å². The van der Waals surface area contributed by atoms with Crippen molar-refractivity contribution < 1.29 is 108 Å². The van der Waals surface area contributed by atoms with Crippen molar-refractivity contribution in [1.82, 2.24) is 69.0 Å². The van der Waals surface area contributed by atoms with Crippen molar-refractivity contribution in [3.8, 4) is 23.5 Å². The molecule has 0 fully saturated rings. The minimum absolute atomic E-state index is 0. The number of hydrogen-bond donors (Lipinski definition) is 8. The number of aliphatic hydroxyl groups excluding tert-OH is 2. The number of aliphatic hydroxyl groups is 2. The number of ether oxygens (including phenoxy) is 6. The number of carbonyl (C=O) groups is 6. The van der Waals surface area contributed by atoms with Crippen LogP contribution in [0.4, 0.5) is 11.6 Å². The Morgan fingerprint density at radius 3 is 1.26 bits per heavy atom. The molecule has 4 aromatic carbocycles. The van der Waals surface area contributed by atoms with E-state index >= 15 is 0 Å². The summed E-state index contributed by atoms with van der Waals surface area (Å²) in [5, 5.41) is 81.3. The van der Waals surface area contributed by atoms with Gasteiger partial charge in [-0.25, -0.2) is 29.9 Å². The van der Waals surface area contributed by atoms with Gasteiger partial charge < -0.3 is 69.7 Å². The first-order valence-electron chi connectivity index (χ1n) is 45.7. The second kappa shape index (κ2) is 55.4. The molecule has 2 aliphatic heterocycles. The number of benzene rings is 4. The molecule has 742 valence electrons. The van der Waals surface area contributed by atoms with Gasteiger partial charge in [0.25, 0.3) is 11.9 Å². The van der Waals surface area contributed by atoms with Crippen LogP contribution in [0.15, 0.2) is 212 Å². The topological polar surface area (TPSA) is 452 Å². The van der Waals surface area contributed by atoms with Gasteiger partial charge in [0.1, 0.15) is 11.6 Å². The number of nitrogens with zero attached hydrogens (tertiary/aromatic N) is 14. The van der Waals surface area contributed by atoms with Crippen LogP contribution in [0.25, 0.3) is 49.7 Å². The predicted molar refractivity (Wildman–Crippen MR) is 534 cm³/mol. The molecule has 0 aliphatic carbocycles. The number of carbonyl (C=O) groups excluding carboxylic acids is 2. The van der Waals surface area contributed by atoms with Crippen LogP contribution in [0.2, 0.25) is 0 Å². The molecule has 0 spiro atoms. The van der Waals surface area contributed by atoms with Crippen molar-refractivity contribution in [2.45, 2.75) is 181 Å². The van der Waals surface area contributed by atoms with Crippen molar-refractivity contribution in [3.05, 3.63) is 279 Å². The molecular weight excluding hydrogens is 1950 g/mol. The SMILES string of the molecule is C=CCC(C)O.CC(=O)O.CC(=O)O.CCOC(=O)C[C@@H](c1ccc(OC)nc1)n1cc2ccc(/C=C/CC(C)O)cc2n1.CCOC(=O)C[C@@H](c1ccc(OC)nc1)n1cc2ccc(Br)cc2n1.COc1ccc([C@H](CC(=O)O)n2cc3ccc(CCCc4ccc5c(n4)NCCC5)cc3n2)cn1.COc1ccc([C@H](CC(=O)O)n2cc3ccc(CCc4cc5c(nc4C)NCCC5)cc3n2)cn1.[Pd]. The molecule has 6 atom stereocenters. The number of esters is 2. The number of aryl methyl sites for hydroxylation is 7. The number of anilines is 2. The molecule has 0 radical (unpaired) electrons. The smallest absolute Gasteiger partial charge is 0.308 e. The molecule has 36 heteroatoms. The summed E-state index contributed by atoms with van der Waals surface area (Å²) in [4.78, 5) is 92.0. The van der Waals surface area contributed by atoms with E-state index in [9.17, 15) is 34.5 Å². The van der Waals surface area contributed by atoms with Crippen LogP contribution in [0.5, 0.6) is 23.5 Å². The molecule has 14 aromatic rings. The van der Waals surface area contributed by atoms with Crippen LogP contribution in [0.1, 0.15) is 191 Å². The number of pyridine rings is 6. The van der Waals surface area contributed by atoms with E-state index in [1.54, 1.807) is 130 Å². The zero-order valence-corrected chi connectivity index (χ0v) is 83.4. The molecule has 12 heterocycles. The molecular formula is C104H121BrN16O18Pd. The zero-order valence-electron chi connectivity index (χ0n) is 80.3. The average Bonchev–Trinajstić information content (AvgIpc) is 1.70. The van der Waals surface area contributed by atoms with Gasteiger partial charge in [-0.1, -0.05) is 88.8 Å². The molecule has 0 saturated carbocycles. The van der Waals surface area contributed by atoms with Gasteiger partial charge in [0.05, 0.1) is 126 Å². The Balaban J connectivity index is 0.000000200. The molecule has 10 aromatic heterocycles. The monoisotopic (exact) mass is 2070 g/mol. The third-order valence-corrected chi connectivity index (χ3v) is 22.6. The van der Waals surface area contributed by atoms with Crippen LogP contribution < -0.4 is 29.6 Å². The van der Waals surface area contributed by atoms with Gasteiger partial charge in [0.2, 0.25) is 23.5 Å². The van der Waals surface area contributed by atoms with Gasteiger partial charge in [0, 0.05) is 159 Å². The number of carboxylic acids is 4. The summed E-state index contributed by atoms with van der Waals surface area (Å²) in [7, 11) is 6.23. The van der Waals surface area contributed by atoms with Crippen molar-refractivity contribution in [2.24, 2.45) is 0 Å². The van der Waals surface area contributed by atoms with E-state index in [2.05, 4.69) is 120 Å². The van der Waals surface area contributed by atoms with E-state index in [1.165, 1.54) is 34.2 Å². The Hall–Kier alpha value is -14.2. The maximum absolute atomic E-state index is 12.2.